The highest BCUT2D eigenvalue weighted by molar-refractivity contribution is 6.08. The van der Waals surface area contributed by atoms with Gasteiger partial charge in [-0.05, 0) is 6.07 Å². The van der Waals surface area contributed by atoms with Gasteiger partial charge in [0.25, 0.3) is 0 Å². The van der Waals surface area contributed by atoms with Crippen LogP contribution in [0.4, 0.5) is 0 Å². The van der Waals surface area contributed by atoms with E-state index in [-0.39, 0.29) is 5.78 Å². The summed E-state index contributed by atoms with van der Waals surface area (Å²) in [6.45, 7) is 0. The molecule has 0 aliphatic heterocycles. The summed E-state index contributed by atoms with van der Waals surface area (Å²) >= 11 is 0. The molecule has 1 heterocycles. The average Bonchev–Trinajstić information content (AvgIpc) is 2.65. The van der Waals surface area contributed by atoms with E-state index in [1.807, 2.05) is 18.2 Å². The number of benzene rings is 1. The van der Waals surface area contributed by atoms with Crippen LogP contribution in [0, 0.1) is 0 Å². The zero-order chi connectivity index (χ0) is 9.97. The largest absolute Gasteiger partial charge is 0.340 e. The minimum Gasteiger partial charge on any atom is -0.340 e. The predicted molar refractivity (Wildman–Crippen MR) is 54.5 cm³/mol. The molecule has 2 aromatic rings. The zero-order valence-electron chi connectivity index (χ0n) is 7.55. The Morgan fingerprint density at radius 1 is 1.07 bits per heavy atom. The molecule has 2 rings (SSSR count). The van der Waals surface area contributed by atoms with Crippen LogP contribution in [0.3, 0.4) is 0 Å². The first-order valence-electron chi connectivity index (χ1n) is 4.30. The van der Waals surface area contributed by atoms with Crippen LogP contribution in [-0.2, 0) is 0 Å². The summed E-state index contributed by atoms with van der Waals surface area (Å²) in [4.78, 5) is 11.8. The van der Waals surface area contributed by atoms with Crippen molar-refractivity contribution in [2.24, 2.45) is 0 Å². The Hall–Kier alpha value is -2.03. The van der Waals surface area contributed by atoms with E-state index in [9.17, 15) is 4.79 Å². The maximum absolute atomic E-state index is 11.8. The molecular formula is C11H10N2O. The van der Waals surface area contributed by atoms with Crippen molar-refractivity contribution in [2.45, 2.75) is 0 Å². The number of carbonyl (C=O) groups excluding carboxylic acids is 1. The molecule has 0 radical (unpaired) electrons. The number of carbonyl (C=O) groups is 1. The van der Waals surface area contributed by atoms with Crippen molar-refractivity contribution in [1.29, 1.82) is 0 Å². The molecule has 0 fully saturated rings. The van der Waals surface area contributed by atoms with Crippen molar-refractivity contribution in [3.8, 4) is 0 Å². The number of nitrogens with zero attached hydrogens (tertiary/aromatic N) is 1. The number of nitrogen functional groups attached to an aromatic ring is 1. The molecule has 2 N–H and O–H groups in total. The van der Waals surface area contributed by atoms with Crippen LogP contribution in [0.1, 0.15) is 15.9 Å². The molecule has 3 heteroatoms. The molecule has 70 valence electrons. The summed E-state index contributed by atoms with van der Waals surface area (Å²) in [7, 11) is 0. The lowest BCUT2D eigenvalue weighted by Gasteiger charge is -1.96. The van der Waals surface area contributed by atoms with E-state index >= 15 is 0 Å². The van der Waals surface area contributed by atoms with Gasteiger partial charge in [-0.3, -0.25) is 9.47 Å². The minimum absolute atomic E-state index is 0.00481. The summed E-state index contributed by atoms with van der Waals surface area (Å²) in [5.74, 6) is 5.45. The lowest BCUT2D eigenvalue weighted by atomic mass is 10.1. The van der Waals surface area contributed by atoms with Gasteiger partial charge in [0, 0.05) is 23.5 Å². The molecule has 1 aromatic heterocycles. The summed E-state index contributed by atoms with van der Waals surface area (Å²) in [5, 5.41) is 0. The van der Waals surface area contributed by atoms with E-state index in [0.717, 1.165) is 0 Å². The second-order valence-corrected chi connectivity index (χ2v) is 3.04. The molecular weight excluding hydrogens is 176 g/mol. The van der Waals surface area contributed by atoms with Gasteiger partial charge in [-0.1, -0.05) is 30.3 Å². The van der Waals surface area contributed by atoms with Gasteiger partial charge in [-0.25, -0.2) is 0 Å². The number of rotatable bonds is 2. The number of ketones is 1. The van der Waals surface area contributed by atoms with Gasteiger partial charge < -0.3 is 5.84 Å². The first kappa shape index (κ1) is 8.56. The van der Waals surface area contributed by atoms with Gasteiger partial charge in [0.2, 0.25) is 0 Å². The Morgan fingerprint density at radius 2 is 1.79 bits per heavy atom. The first-order chi connectivity index (χ1) is 6.77. The van der Waals surface area contributed by atoms with Gasteiger partial charge in [-0.15, -0.1) is 0 Å². The summed E-state index contributed by atoms with van der Waals surface area (Å²) in [6.07, 6.45) is 3.26. The maximum atomic E-state index is 11.8. The lowest BCUT2D eigenvalue weighted by molar-refractivity contribution is 0.103. The van der Waals surface area contributed by atoms with Crippen molar-refractivity contribution in [3.63, 3.8) is 0 Å². The van der Waals surface area contributed by atoms with Crippen LogP contribution in [0.5, 0.6) is 0 Å². The highest BCUT2D eigenvalue weighted by Crippen LogP contribution is 2.08. The van der Waals surface area contributed by atoms with E-state index in [1.165, 1.54) is 4.68 Å². The first-order valence-corrected chi connectivity index (χ1v) is 4.30. The average molecular weight is 186 g/mol. The third kappa shape index (κ3) is 1.52. The Labute approximate surface area is 81.7 Å². The number of aromatic nitrogens is 1. The van der Waals surface area contributed by atoms with Crippen LogP contribution in [0.15, 0.2) is 48.8 Å². The quantitative estimate of drug-likeness (QED) is 0.569. The molecule has 0 amide bonds. The molecule has 0 aliphatic carbocycles. The monoisotopic (exact) mass is 186 g/mol. The van der Waals surface area contributed by atoms with Crippen LogP contribution in [0.2, 0.25) is 0 Å². The predicted octanol–water partition coefficient (Wildman–Crippen LogP) is 1.43. The van der Waals surface area contributed by atoms with Crippen molar-refractivity contribution < 1.29 is 4.79 Å². The van der Waals surface area contributed by atoms with Crippen molar-refractivity contribution in [1.82, 2.24) is 4.68 Å². The molecule has 0 aliphatic rings. The summed E-state index contributed by atoms with van der Waals surface area (Å²) in [6, 6.07) is 10.8. The SMILES string of the molecule is Nn1ccc(C(=O)c2ccccc2)c1. The topological polar surface area (TPSA) is 48.0 Å². The van der Waals surface area contributed by atoms with Crippen LogP contribution >= 0.6 is 0 Å². The van der Waals surface area contributed by atoms with Crippen molar-refractivity contribution >= 4 is 5.78 Å². The third-order valence-electron chi connectivity index (χ3n) is 2.01. The number of hydrogen-bond donors (Lipinski definition) is 1. The second-order valence-electron chi connectivity index (χ2n) is 3.04. The molecule has 0 bridgehead atoms. The molecule has 3 nitrogen and oxygen atoms in total. The zero-order valence-corrected chi connectivity index (χ0v) is 7.55. The van der Waals surface area contributed by atoms with Gasteiger partial charge in [0.15, 0.2) is 5.78 Å². The van der Waals surface area contributed by atoms with Crippen LogP contribution < -0.4 is 5.84 Å². The standard InChI is InChI=1S/C11H10N2O/c12-13-7-6-10(8-13)11(14)9-4-2-1-3-5-9/h1-8H,12H2. The van der Waals surface area contributed by atoms with Crippen molar-refractivity contribution in [2.75, 3.05) is 5.84 Å². The Morgan fingerprint density at radius 3 is 2.36 bits per heavy atom. The smallest absolute Gasteiger partial charge is 0.194 e. The van der Waals surface area contributed by atoms with Crippen molar-refractivity contribution in [3.05, 3.63) is 59.9 Å². The van der Waals surface area contributed by atoms with E-state index < -0.39 is 0 Å². The number of nitrogens with two attached hydrogens (primary N) is 1. The molecule has 14 heavy (non-hydrogen) atoms. The van der Waals surface area contributed by atoms with Gasteiger partial charge in [0.1, 0.15) is 0 Å². The fraction of sp³-hybridized carbons (Fsp3) is 0. The fourth-order valence-corrected chi connectivity index (χ4v) is 1.30. The van der Waals surface area contributed by atoms with E-state index in [0.29, 0.717) is 11.1 Å². The molecule has 0 spiro atoms. The molecule has 0 saturated heterocycles. The van der Waals surface area contributed by atoms with Crippen LogP contribution in [-0.4, -0.2) is 10.5 Å². The number of hydrogen-bond acceptors (Lipinski definition) is 2. The fourth-order valence-electron chi connectivity index (χ4n) is 1.30. The van der Waals surface area contributed by atoms with Crippen LogP contribution in [0.25, 0.3) is 0 Å². The Bertz CT molecular complexity index is 445. The summed E-state index contributed by atoms with van der Waals surface area (Å²) < 4.78 is 1.37. The molecule has 0 atom stereocenters. The van der Waals surface area contributed by atoms with E-state index in [2.05, 4.69) is 0 Å². The third-order valence-corrected chi connectivity index (χ3v) is 2.01. The van der Waals surface area contributed by atoms with Gasteiger partial charge in [0.05, 0.1) is 0 Å². The van der Waals surface area contributed by atoms with E-state index in [1.54, 1.807) is 30.6 Å². The Kier molecular flexibility index (Phi) is 2.07. The summed E-state index contributed by atoms with van der Waals surface area (Å²) in [5.41, 5.74) is 1.29. The normalized spacial score (nSPS) is 10.0. The Balaban J connectivity index is 2.34. The lowest BCUT2D eigenvalue weighted by Crippen LogP contribution is -2.05. The van der Waals surface area contributed by atoms with Gasteiger partial charge >= 0.3 is 0 Å². The van der Waals surface area contributed by atoms with E-state index in [4.69, 9.17) is 5.84 Å². The highest BCUT2D eigenvalue weighted by Gasteiger charge is 2.08. The van der Waals surface area contributed by atoms with Gasteiger partial charge in [-0.2, -0.15) is 0 Å². The molecule has 0 unspecified atom stereocenters. The highest BCUT2D eigenvalue weighted by atomic mass is 16.1. The second kappa shape index (κ2) is 3.38. The maximum Gasteiger partial charge on any atom is 0.194 e. The minimum atomic E-state index is -0.00481. The molecule has 0 saturated carbocycles. The molecule has 1 aromatic carbocycles.